The SMILES string of the molecule is CC(O)(C#Cc1ccc(Cl)cc1)C#Cc1ccc(Cl)cc1. The first kappa shape index (κ1) is 15.5. The zero-order chi connectivity index (χ0) is 15.3. The molecular weight excluding hydrogens is 303 g/mol. The van der Waals surface area contributed by atoms with Crippen LogP contribution in [0.15, 0.2) is 48.5 Å². The highest BCUT2D eigenvalue weighted by molar-refractivity contribution is 6.30. The van der Waals surface area contributed by atoms with Crippen LogP contribution in [0.2, 0.25) is 10.0 Å². The standard InChI is InChI=1S/C18H12Cl2O/c1-18(21,12-10-14-2-6-16(19)7-3-14)13-11-15-4-8-17(20)9-5-15/h2-9,21H,1H3. The molecule has 1 N–H and O–H groups in total. The molecule has 0 spiro atoms. The molecule has 0 amide bonds. The van der Waals surface area contributed by atoms with Crippen LogP contribution >= 0.6 is 23.2 Å². The molecule has 104 valence electrons. The summed E-state index contributed by atoms with van der Waals surface area (Å²) in [5.74, 6) is 11.2. The third kappa shape index (κ3) is 5.18. The van der Waals surface area contributed by atoms with E-state index < -0.39 is 5.60 Å². The lowest BCUT2D eigenvalue weighted by molar-refractivity contribution is 0.184. The Labute approximate surface area is 134 Å². The van der Waals surface area contributed by atoms with Crippen LogP contribution in [0.5, 0.6) is 0 Å². The minimum Gasteiger partial charge on any atom is -0.367 e. The molecule has 2 rings (SSSR count). The number of hydrogen-bond acceptors (Lipinski definition) is 1. The summed E-state index contributed by atoms with van der Waals surface area (Å²) in [5.41, 5.74) is 0.153. The van der Waals surface area contributed by atoms with Gasteiger partial charge in [-0.3, -0.25) is 0 Å². The molecule has 0 unspecified atom stereocenters. The van der Waals surface area contributed by atoms with Gasteiger partial charge in [-0.25, -0.2) is 0 Å². The van der Waals surface area contributed by atoms with Crippen LogP contribution in [0.4, 0.5) is 0 Å². The molecule has 0 saturated heterocycles. The van der Waals surface area contributed by atoms with Gasteiger partial charge in [0.1, 0.15) is 0 Å². The normalized spacial score (nSPS) is 10.1. The van der Waals surface area contributed by atoms with Crippen molar-refractivity contribution in [3.05, 3.63) is 69.7 Å². The van der Waals surface area contributed by atoms with Crippen molar-refractivity contribution in [2.24, 2.45) is 0 Å². The van der Waals surface area contributed by atoms with Gasteiger partial charge in [-0.15, -0.1) is 0 Å². The molecule has 0 bridgehead atoms. The van der Waals surface area contributed by atoms with Crippen LogP contribution in [0.3, 0.4) is 0 Å². The summed E-state index contributed by atoms with van der Waals surface area (Å²) in [6, 6.07) is 14.2. The molecule has 2 aromatic carbocycles. The van der Waals surface area contributed by atoms with Gasteiger partial charge in [0.05, 0.1) is 0 Å². The van der Waals surface area contributed by atoms with Gasteiger partial charge in [-0.1, -0.05) is 35.0 Å². The Morgan fingerprint density at radius 1 is 0.762 bits per heavy atom. The van der Waals surface area contributed by atoms with Crippen molar-refractivity contribution in [2.75, 3.05) is 0 Å². The molecule has 1 nitrogen and oxygen atoms in total. The van der Waals surface area contributed by atoms with Crippen molar-refractivity contribution >= 4 is 23.2 Å². The monoisotopic (exact) mass is 314 g/mol. The molecule has 0 saturated carbocycles. The Morgan fingerprint density at radius 3 is 1.43 bits per heavy atom. The summed E-state index contributed by atoms with van der Waals surface area (Å²) >= 11 is 11.6. The molecular formula is C18H12Cl2O. The van der Waals surface area contributed by atoms with Crippen LogP contribution in [-0.4, -0.2) is 10.7 Å². The maximum Gasteiger partial charge on any atom is 0.185 e. The Kier molecular flexibility index (Phi) is 4.94. The molecule has 0 heterocycles. The van der Waals surface area contributed by atoms with Gasteiger partial charge in [0.2, 0.25) is 0 Å². The summed E-state index contributed by atoms with van der Waals surface area (Å²) in [6.07, 6.45) is 0. The molecule has 21 heavy (non-hydrogen) atoms. The lowest BCUT2D eigenvalue weighted by Crippen LogP contribution is -2.18. The highest BCUT2D eigenvalue weighted by Gasteiger charge is 2.11. The largest absolute Gasteiger partial charge is 0.367 e. The van der Waals surface area contributed by atoms with E-state index in [0.29, 0.717) is 10.0 Å². The molecule has 0 fully saturated rings. The van der Waals surface area contributed by atoms with Gasteiger partial charge in [-0.05, 0) is 67.3 Å². The van der Waals surface area contributed by atoms with Crippen molar-refractivity contribution in [3.8, 4) is 23.7 Å². The van der Waals surface area contributed by atoms with E-state index in [1.807, 2.05) is 0 Å². The quantitative estimate of drug-likeness (QED) is 0.724. The van der Waals surface area contributed by atoms with E-state index in [2.05, 4.69) is 23.7 Å². The maximum atomic E-state index is 10.1. The smallest absolute Gasteiger partial charge is 0.185 e. The fourth-order valence-corrected chi connectivity index (χ4v) is 1.74. The zero-order valence-electron chi connectivity index (χ0n) is 11.3. The Hall–Kier alpha value is -1.90. The first-order chi connectivity index (χ1) is 9.94. The van der Waals surface area contributed by atoms with Crippen LogP contribution in [0.1, 0.15) is 18.1 Å². The van der Waals surface area contributed by atoms with E-state index in [0.717, 1.165) is 11.1 Å². The lowest BCUT2D eigenvalue weighted by atomic mass is 10.1. The van der Waals surface area contributed by atoms with Gasteiger partial charge in [0.25, 0.3) is 0 Å². The van der Waals surface area contributed by atoms with Crippen LogP contribution in [0.25, 0.3) is 0 Å². The number of aliphatic hydroxyl groups is 1. The molecule has 0 radical (unpaired) electrons. The van der Waals surface area contributed by atoms with E-state index >= 15 is 0 Å². The molecule has 0 aliphatic rings. The molecule has 0 aliphatic carbocycles. The van der Waals surface area contributed by atoms with Crippen LogP contribution in [-0.2, 0) is 0 Å². The Balaban J connectivity index is 2.16. The first-order valence-electron chi connectivity index (χ1n) is 6.24. The van der Waals surface area contributed by atoms with E-state index in [9.17, 15) is 5.11 Å². The summed E-state index contributed by atoms with van der Waals surface area (Å²) in [5, 5.41) is 11.4. The minimum absolute atomic E-state index is 0.648. The third-order valence-corrected chi connectivity index (χ3v) is 3.09. The van der Waals surface area contributed by atoms with Gasteiger partial charge < -0.3 is 5.11 Å². The number of halogens is 2. The predicted molar refractivity (Wildman–Crippen MR) is 87.3 cm³/mol. The second-order valence-corrected chi connectivity index (χ2v) is 5.46. The van der Waals surface area contributed by atoms with Crippen LogP contribution in [0, 0.1) is 23.7 Å². The Bertz CT molecular complexity index is 671. The number of hydrogen-bond donors (Lipinski definition) is 1. The van der Waals surface area contributed by atoms with Gasteiger partial charge in [0.15, 0.2) is 5.60 Å². The van der Waals surface area contributed by atoms with E-state index in [1.165, 1.54) is 0 Å². The van der Waals surface area contributed by atoms with Crippen molar-refractivity contribution in [3.63, 3.8) is 0 Å². The van der Waals surface area contributed by atoms with Crippen molar-refractivity contribution in [2.45, 2.75) is 12.5 Å². The molecule has 0 aromatic heterocycles. The second-order valence-electron chi connectivity index (χ2n) is 4.59. The molecule has 3 heteroatoms. The van der Waals surface area contributed by atoms with Gasteiger partial charge in [-0.2, -0.15) is 0 Å². The second kappa shape index (κ2) is 6.70. The molecule has 0 aliphatic heterocycles. The fraction of sp³-hybridized carbons (Fsp3) is 0.111. The summed E-state index contributed by atoms with van der Waals surface area (Å²) < 4.78 is 0. The number of rotatable bonds is 0. The highest BCUT2D eigenvalue weighted by atomic mass is 35.5. The summed E-state index contributed by atoms with van der Waals surface area (Å²) in [7, 11) is 0. The predicted octanol–water partition coefficient (Wildman–Crippen LogP) is 4.15. The van der Waals surface area contributed by atoms with E-state index in [4.69, 9.17) is 23.2 Å². The first-order valence-corrected chi connectivity index (χ1v) is 7.00. The van der Waals surface area contributed by atoms with Crippen LogP contribution < -0.4 is 0 Å². The number of benzene rings is 2. The van der Waals surface area contributed by atoms with E-state index in [-0.39, 0.29) is 0 Å². The molecule has 2 aromatic rings. The van der Waals surface area contributed by atoms with Gasteiger partial charge in [0, 0.05) is 21.2 Å². The third-order valence-electron chi connectivity index (χ3n) is 2.59. The summed E-state index contributed by atoms with van der Waals surface area (Å²) in [6.45, 7) is 1.55. The van der Waals surface area contributed by atoms with Crippen molar-refractivity contribution in [1.29, 1.82) is 0 Å². The fourth-order valence-electron chi connectivity index (χ4n) is 1.49. The Morgan fingerprint density at radius 2 is 1.10 bits per heavy atom. The average Bonchev–Trinajstić information content (AvgIpc) is 2.46. The maximum absolute atomic E-state index is 10.1. The lowest BCUT2D eigenvalue weighted by Gasteiger charge is -2.06. The summed E-state index contributed by atoms with van der Waals surface area (Å²) in [4.78, 5) is 0. The van der Waals surface area contributed by atoms with Crippen molar-refractivity contribution in [1.82, 2.24) is 0 Å². The highest BCUT2D eigenvalue weighted by Crippen LogP contribution is 2.10. The van der Waals surface area contributed by atoms with Crippen molar-refractivity contribution < 1.29 is 5.11 Å². The zero-order valence-corrected chi connectivity index (χ0v) is 12.8. The minimum atomic E-state index is -1.39. The van der Waals surface area contributed by atoms with Gasteiger partial charge >= 0.3 is 0 Å². The average molecular weight is 315 g/mol. The van der Waals surface area contributed by atoms with E-state index in [1.54, 1.807) is 55.5 Å². The molecule has 0 atom stereocenters. The topological polar surface area (TPSA) is 20.2 Å².